The van der Waals surface area contributed by atoms with E-state index in [4.69, 9.17) is 0 Å². The summed E-state index contributed by atoms with van der Waals surface area (Å²) >= 11 is 0. The molecule has 2 aromatic carbocycles. The first-order chi connectivity index (χ1) is 9.97. The minimum Gasteiger partial charge on any atom is -0.372 e. The van der Waals surface area contributed by atoms with Gasteiger partial charge < -0.3 is 4.90 Å². The minimum absolute atomic E-state index is 0.619. The molecule has 0 atom stereocenters. The van der Waals surface area contributed by atoms with Crippen molar-refractivity contribution in [1.29, 1.82) is 0 Å². The molecule has 0 radical (unpaired) electrons. The maximum Gasteiger partial charge on any atom is 0.416 e. The van der Waals surface area contributed by atoms with Crippen molar-refractivity contribution >= 4 is 5.69 Å². The Morgan fingerprint density at radius 1 is 0.857 bits per heavy atom. The summed E-state index contributed by atoms with van der Waals surface area (Å²) in [6.45, 7) is 5.84. The summed E-state index contributed by atoms with van der Waals surface area (Å²) < 4.78 is 37.9. The third-order valence-corrected chi connectivity index (χ3v) is 3.53. The maximum absolute atomic E-state index is 12.6. The third-order valence-electron chi connectivity index (χ3n) is 3.53. The second-order valence-electron chi connectivity index (χ2n) is 4.76. The summed E-state index contributed by atoms with van der Waals surface area (Å²) in [7, 11) is 0. The number of hydrogen-bond donors (Lipinski definition) is 0. The Kier molecular flexibility index (Phi) is 4.56. The van der Waals surface area contributed by atoms with Crippen LogP contribution in [0, 0.1) is 0 Å². The van der Waals surface area contributed by atoms with E-state index in [-0.39, 0.29) is 0 Å². The monoisotopic (exact) mass is 293 g/mol. The zero-order valence-electron chi connectivity index (χ0n) is 12.1. The molecule has 0 aliphatic rings. The molecule has 1 nitrogen and oxygen atoms in total. The van der Waals surface area contributed by atoms with Crippen LogP contribution in [0.5, 0.6) is 0 Å². The number of rotatable bonds is 4. The van der Waals surface area contributed by atoms with Gasteiger partial charge in [0.2, 0.25) is 0 Å². The van der Waals surface area contributed by atoms with Gasteiger partial charge in [-0.1, -0.05) is 30.3 Å². The molecule has 0 unspecified atom stereocenters. The second-order valence-corrected chi connectivity index (χ2v) is 4.76. The lowest BCUT2D eigenvalue weighted by molar-refractivity contribution is -0.137. The summed E-state index contributed by atoms with van der Waals surface area (Å²) in [5, 5.41) is 0. The lowest BCUT2D eigenvalue weighted by Gasteiger charge is -2.24. The smallest absolute Gasteiger partial charge is 0.372 e. The topological polar surface area (TPSA) is 3.24 Å². The van der Waals surface area contributed by atoms with Crippen LogP contribution in [0.3, 0.4) is 0 Å². The third kappa shape index (κ3) is 3.38. The van der Waals surface area contributed by atoms with Gasteiger partial charge >= 0.3 is 6.18 Å². The van der Waals surface area contributed by atoms with Crippen molar-refractivity contribution in [2.45, 2.75) is 20.0 Å². The van der Waals surface area contributed by atoms with Crippen LogP contribution < -0.4 is 4.90 Å². The number of nitrogens with zero attached hydrogens (tertiary/aromatic N) is 1. The molecule has 0 aliphatic heterocycles. The molecule has 0 aromatic heterocycles. The van der Waals surface area contributed by atoms with Gasteiger partial charge in [0.1, 0.15) is 0 Å². The van der Waals surface area contributed by atoms with E-state index in [0.29, 0.717) is 0 Å². The molecule has 0 aliphatic carbocycles. The minimum atomic E-state index is -4.29. The van der Waals surface area contributed by atoms with Crippen molar-refractivity contribution in [3.63, 3.8) is 0 Å². The van der Waals surface area contributed by atoms with Crippen molar-refractivity contribution in [3.8, 4) is 11.1 Å². The lowest BCUT2D eigenvalue weighted by Crippen LogP contribution is -2.22. The van der Waals surface area contributed by atoms with E-state index in [1.165, 1.54) is 12.1 Å². The van der Waals surface area contributed by atoms with Crippen LogP contribution in [0.4, 0.5) is 18.9 Å². The van der Waals surface area contributed by atoms with Crippen LogP contribution in [-0.2, 0) is 6.18 Å². The summed E-state index contributed by atoms with van der Waals surface area (Å²) in [5.41, 5.74) is 2.18. The average molecular weight is 293 g/mol. The van der Waals surface area contributed by atoms with E-state index in [1.54, 1.807) is 0 Å². The molecular weight excluding hydrogens is 275 g/mol. The number of para-hydroxylation sites is 1. The van der Waals surface area contributed by atoms with Gasteiger partial charge in [-0.3, -0.25) is 0 Å². The van der Waals surface area contributed by atoms with Gasteiger partial charge in [0.05, 0.1) is 5.56 Å². The largest absolute Gasteiger partial charge is 0.416 e. The number of hydrogen-bond acceptors (Lipinski definition) is 1. The molecular formula is C17H18F3N. The van der Waals surface area contributed by atoms with Crippen molar-refractivity contribution in [2.24, 2.45) is 0 Å². The number of alkyl halides is 3. The van der Waals surface area contributed by atoms with Gasteiger partial charge in [-0.2, -0.15) is 13.2 Å². The average Bonchev–Trinajstić information content (AvgIpc) is 2.48. The van der Waals surface area contributed by atoms with E-state index in [0.717, 1.165) is 42.0 Å². The second kappa shape index (κ2) is 6.20. The normalized spacial score (nSPS) is 11.5. The first kappa shape index (κ1) is 15.4. The van der Waals surface area contributed by atoms with Crippen molar-refractivity contribution < 1.29 is 13.2 Å². The zero-order valence-corrected chi connectivity index (χ0v) is 12.1. The van der Waals surface area contributed by atoms with Crippen LogP contribution in [0.2, 0.25) is 0 Å². The number of benzene rings is 2. The van der Waals surface area contributed by atoms with E-state index < -0.39 is 11.7 Å². The highest BCUT2D eigenvalue weighted by Crippen LogP contribution is 2.34. The molecule has 4 heteroatoms. The maximum atomic E-state index is 12.6. The molecule has 0 fully saturated rings. The van der Waals surface area contributed by atoms with Crippen LogP contribution in [-0.4, -0.2) is 13.1 Å². The highest BCUT2D eigenvalue weighted by molar-refractivity contribution is 5.78. The zero-order chi connectivity index (χ0) is 15.5. The van der Waals surface area contributed by atoms with E-state index in [9.17, 15) is 13.2 Å². The van der Waals surface area contributed by atoms with E-state index >= 15 is 0 Å². The highest BCUT2D eigenvalue weighted by atomic mass is 19.4. The van der Waals surface area contributed by atoms with Crippen molar-refractivity contribution in [2.75, 3.05) is 18.0 Å². The summed E-state index contributed by atoms with van der Waals surface area (Å²) in [6.07, 6.45) is -4.29. The van der Waals surface area contributed by atoms with Crippen molar-refractivity contribution in [3.05, 3.63) is 54.1 Å². The number of anilines is 1. The summed E-state index contributed by atoms with van der Waals surface area (Å²) in [5.74, 6) is 0. The van der Waals surface area contributed by atoms with Gasteiger partial charge in [-0.25, -0.2) is 0 Å². The lowest BCUT2D eigenvalue weighted by atomic mass is 10.0. The Morgan fingerprint density at radius 2 is 1.43 bits per heavy atom. The molecule has 0 spiro atoms. The molecule has 21 heavy (non-hydrogen) atoms. The molecule has 0 heterocycles. The molecule has 0 saturated carbocycles. The Labute approximate surface area is 123 Å². The van der Waals surface area contributed by atoms with Crippen LogP contribution >= 0.6 is 0 Å². The van der Waals surface area contributed by atoms with Crippen LogP contribution in [0.15, 0.2) is 48.5 Å². The molecule has 0 bridgehead atoms. The molecule has 2 rings (SSSR count). The quantitative estimate of drug-likeness (QED) is 0.747. The Morgan fingerprint density at radius 3 is 1.95 bits per heavy atom. The fraction of sp³-hybridized carbons (Fsp3) is 0.294. The van der Waals surface area contributed by atoms with E-state index in [1.807, 2.05) is 24.3 Å². The molecule has 0 N–H and O–H groups in total. The fourth-order valence-corrected chi connectivity index (χ4v) is 2.40. The fourth-order valence-electron chi connectivity index (χ4n) is 2.40. The Bertz CT molecular complexity index is 584. The van der Waals surface area contributed by atoms with Gasteiger partial charge in [-0.15, -0.1) is 0 Å². The number of halogens is 3. The first-order valence-electron chi connectivity index (χ1n) is 6.99. The van der Waals surface area contributed by atoms with Crippen LogP contribution in [0.25, 0.3) is 11.1 Å². The first-order valence-corrected chi connectivity index (χ1v) is 6.99. The Balaban J connectivity index is 2.43. The van der Waals surface area contributed by atoms with Crippen LogP contribution in [0.1, 0.15) is 19.4 Å². The molecule has 2 aromatic rings. The van der Waals surface area contributed by atoms with Gasteiger partial charge in [-0.05, 0) is 37.6 Å². The van der Waals surface area contributed by atoms with Gasteiger partial charge in [0, 0.05) is 24.3 Å². The molecule has 0 saturated heterocycles. The van der Waals surface area contributed by atoms with Gasteiger partial charge in [0.25, 0.3) is 0 Å². The highest BCUT2D eigenvalue weighted by Gasteiger charge is 2.30. The van der Waals surface area contributed by atoms with Gasteiger partial charge in [0.15, 0.2) is 0 Å². The summed E-state index contributed by atoms with van der Waals surface area (Å²) in [4.78, 5) is 2.19. The van der Waals surface area contributed by atoms with Crippen molar-refractivity contribution in [1.82, 2.24) is 0 Å². The predicted molar refractivity (Wildman–Crippen MR) is 80.4 cm³/mol. The Hall–Kier alpha value is -1.97. The molecule has 112 valence electrons. The van der Waals surface area contributed by atoms with E-state index in [2.05, 4.69) is 18.7 Å². The summed E-state index contributed by atoms with van der Waals surface area (Å²) in [6, 6.07) is 13.1. The standard InChI is InChI=1S/C17H18F3N/c1-3-21(4-2)16-8-6-5-7-15(16)13-9-11-14(12-10-13)17(18,19)20/h5-12H,3-4H2,1-2H3. The SMILES string of the molecule is CCN(CC)c1ccccc1-c1ccc(C(F)(F)F)cc1. The predicted octanol–water partition coefficient (Wildman–Crippen LogP) is 5.22. The molecule has 0 amide bonds.